The highest BCUT2D eigenvalue weighted by atomic mass is 32.1. The van der Waals surface area contributed by atoms with Crippen LogP contribution in [0.15, 0.2) is 48.5 Å². The maximum absolute atomic E-state index is 12.4. The smallest absolute Gasteiger partial charge is 0.317 e. The Balaban J connectivity index is 1.34. The number of hydrogen-bond acceptors (Lipinski definition) is 4. The SMILES string of the molecule is Cc1cccc2sc(N3CCN(C(=O)NCc4ccccc4)CC3)nc12. The number of amides is 2. The van der Waals surface area contributed by atoms with Gasteiger partial charge in [-0.1, -0.05) is 53.8 Å². The van der Waals surface area contributed by atoms with Crippen LogP contribution in [-0.4, -0.2) is 42.1 Å². The van der Waals surface area contributed by atoms with Gasteiger partial charge in [-0.25, -0.2) is 9.78 Å². The Morgan fingerprint density at radius 2 is 1.85 bits per heavy atom. The Morgan fingerprint density at radius 1 is 1.08 bits per heavy atom. The van der Waals surface area contributed by atoms with Crippen LogP contribution in [0, 0.1) is 6.92 Å². The molecular weight excluding hydrogens is 344 g/mol. The summed E-state index contributed by atoms with van der Waals surface area (Å²) in [7, 11) is 0. The molecule has 2 amide bonds. The van der Waals surface area contributed by atoms with Gasteiger partial charge in [0.25, 0.3) is 0 Å². The molecule has 1 fully saturated rings. The lowest BCUT2D eigenvalue weighted by Gasteiger charge is -2.34. The van der Waals surface area contributed by atoms with Gasteiger partial charge in [-0.05, 0) is 24.1 Å². The second kappa shape index (κ2) is 7.33. The van der Waals surface area contributed by atoms with Gasteiger partial charge in [0, 0.05) is 32.7 Å². The Bertz CT molecular complexity index is 901. The third kappa shape index (κ3) is 3.51. The van der Waals surface area contributed by atoms with Crippen molar-refractivity contribution in [3.8, 4) is 0 Å². The number of thiazole rings is 1. The quantitative estimate of drug-likeness (QED) is 0.770. The van der Waals surface area contributed by atoms with Gasteiger partial charge in [0.05, 0.1) is 10.2 Å². The topological polar surface area (TPSA) is 48.5 Å². The highest BCUT2D eigenvalue weighted by Crippen LogP contribution is 2.30. The zero-order chi connectivity index (χ0) is 17.9. The molecule has 0 saturated carbocycles. The number of anilines is 1. The number of carbonyl (C=O) groups excluding carboxylic acids is 1. The van der Waals surface area contributed by atoms with Crippen LogP contribution in [0.3, 0.4) is 0 Å². The number of nitrogens with zero attached hydrogens (tertiary/aromatic N) is 3. The van der Waals surface area contributed by atoms with E-state index in [0.717, 1.165) is 42.4 Å². The number of urea groups is 1. The molecule has 5 nitrogen and oxygen atoms in total. The number of hydrogen-bond donors (Lipinski definition) is 1. The molecule has 6 heteroatoms. The summed E-state index contributed by atoms with van der Waals surface area (Å²) in [5.41, 5.74) is 3.42. The maximum Gasteiger partial charge on any atom is 0.317 e. The Morgan fingerprint density at radius 3 is 2.58 bits per heavy atom. The molecule has 3 aromatic rings. The van der Waals surface area contributed by atoms with Crippen molar-refractivity contribution in [2.45, 2.75) is 13.5 Å². The van der Waals surface area contributed by atoms with Gasteiger partial charge in [-0.15, -0.1) is 0 Å². The zero-order valence-electron chi connectivity index (χ0n) is 14.8. The number of benzene rings is 2. The summed E-state index contributed by atoms with van der Waals surface area (Å²) in [6.07, 6.45) is 0. The van der Waals surface area contributed by atoms with Crippen LogP contribution in [0.2, 0.25) is 0 Å². The molecule has 134 valence electrons. The highest BCUT2D eigenvalue weighted by Gasteiger charge is 2.23. The Kier molecular flexibility index (Phi) is 4.75. The molecule has 1 aliphatic rings. The van der Waals surface area contributed by atoms with E-state index in [0.29, 0.717) is 6.54 Å². The van der Waals surface area contributed by atoms with Crippen LogP contribution in [0.5, 0.6) is 0 Å². The Labute approximate surface area is 157 Å². The molecule has 0 bridgehead atoms. The molecule has 1 aromatic heterocycles. The van der Waals surface area contributed by atoms with E-state index in [9.17, 15) is 4.79 Å². The van der Waals surface area contributed by atoms with Gasteiger partial charge in [-0.3, -0.25) is 0 Å². The van der Waals surface area contributed by atoms with Crippen LogP contribution in [0.4, 0.5) is 9.93 Å². The number of para-hydroxylation sites is 1. The first kappa shape index (κ1) is 16.8. The second-order valence-electron chi connectivity index (χ2n) is 6.54. The first-order valence-corrected chi connectivity index (χ1v) is 9.70. The van der Waals surface area contributed by atoms with E-state index in [-0.39, 0.29) is 6.03 Å². The molecule has 0 aliphatic carbocycles. The highest BCUT2D eigenvalue weighted by molar-refractivity contribution is 7.22. The monoisotopic (exact) mass is 366 g/mol. The van der Waals surface area contributed by atoms with Crippen molar-refractivity contribution in [3.05, 3.63) is 59.7 Å². The summed E-state index contributed by atoms with van der Waals surface area (Å²) >= 11 is 1.73. The van der Waals surface area contributed by atoms with Crippen LogP contribution >= 0.6 is 11.3 Å². The third-order valence-corrected chi connectivity index (χ3v) is 5.81. The molecule has 0 unspecified atom stereocenters. The molecule has 26 heavy (non-hydrogen) atoms. The summed E-state index contributed by atoms with van der Waals surface area (Å²) in [6.45, 7) is 5.73. The predicted octanol–water partition coefficient (Wildman–Crippen LogP) is 3.64. The zero-order valence-corrected chi connectivity index (χ0v) is 15.6. The number of nitrogens with one attached hydrogen (secondary N) is 1. The molecule has 1 aliphatic heterocycles. The van der Waals surface area contributed by atoms with Crippen molar-refractivity contribution < 1.29 is 4.79 Å². The first-order valence-electron chi connectivity index (χ1n) is 8.88. The van der Waals surface area contributed by atoms with Gasteiger partial charge in [0.2, 0.25) is 0 Å². The van der Waals surface area contributed by atoms with Gasteiger partial charge in [-0.2, -0.15) is 0 Å². The lowest BCUT2D eigenvalue weighted by atomic mass is 10.2. The number of aromatic nitrogens is 1. The minimum Gasteiger partial charge on any atom is -0.345 e. The average Bonchev–Trinajstić information content (AvgIpc) is 3.13. The van der Waals surface area contributed by atoms with Crippen molar-refractivity contribution in [1.82, 2.24) is 15.2 Å². The predicted molar refractivity (Wildman–Crippen MR) is 107 cm³/mol. The van der Waals surface area contributed by atoms with E-state index in [1.54, 1.807) is 11.3 Å². The lowest BCUT2D eigenvalue weighted by molar-refractivity contribution is 0.194. The summed E-state index contributed by atoms with van der Waals surface area (Å²) in [5, 5.41) is 4.06. The fourth-order valence-electron chi connectivity index (χ4n) is 3.20. The van der Waals surface area contributed by atoms with Crippen LogP contribution in [-0.2, 0) is 6.54 Å². The minimum absolute atomic E-state index is 0.00801. The van der Waals surface area contributed by atoms with Gasteiger partial charge >= 0.3 is 6.03 Å². The number of rotatable bonds is 3. The molecule has 0 spiro atoms. The third-order valence-electron chi connectivity index (χ3n) is 4.73. The van der Waals surface area contributed by atoms with Crippen molar-refractivity contribution in [3.63, 3.8) is 0 Å². The maximum atomic E-state index is 12.4. The van der Waals surface area contributed by atoms with Gasteiger partial charge in [0.1, 0.15) is 0 Å². The summed E-state index contributed by atoms with van der Waals surface area (Å²) in [4.78, 5) is 21.4. The Hall–Kier alpha value is -2.60. The van der Waals surface area contributed by atoms with E-state index < -0.39 is 0 Å². The van der Waals surface area contributed by atoms with Crippen LogP contribution < -0.4 is 10.2 Å². The molecule has 2 aromatic carbocycles. The molecule has 2 heterocycles. The molecular formula is C20H22N4OS. The van der Waals surface area contributed by atoms with Crippen molar-refractivity contribution in [2.24, 2.45) is 0 Å². The van der Waals surface area contributed by atoms with Crippen LogP contribution in [0.25, 0.3) is 10.2 Å². The standard InChI is InChI=1S/C20H22N4OS/c1-15-6-5-9-17-18(15)22-20(26-17)24-12-10-23(11-13-24)19(25)21-14-16-7-3-2-4-8-16/h2-9H,10-14H2,1H3,(H,21,25). The average molecular weight is 366 g/mol. The molecule has 1 N–H and O–H groups in total. The van der Waals surface area contributed by atoms with E-state index >= 15 is 0 Å². The summed E-state index contributed by atoms with van der Waals surface area (Å²) < 4.78 is 1.23. The normalized spacial score (nSPS) is 14.7. The number of fused-ring (bicyclic) bond motifs is 1. The van der Waals surface area contributed by atoms with E-state index in [2.05, 4.69) is 35.3 Å². The number of piperazine rings is 1. The van der Waals surface area contributed by atoms with Crippen molar-refractivity contribution >= 4 is 32.7 Å². The van der Waals surface area contributed by atoms with Gasteiger partial charge < -0.3 is 15.1 Å². The molecule has 0 radical (unpaired) electrons. The molecule has 0 atom stereocenters. The second-order valence-corrected chi connectivity index (χ2v) is 7.55. The van der Waals surface area contributed by atoms with Crippen LogP contribution in [0.1, 0.15) is 11.1 Å². The molecule has 1 saturated heterocycles. The van der Waals surface area contributed by atoms with Crippen molar-refractivity contribution in [2.75, 3.05) is 31.1 Å². The molecule has 4 rings (SSSR count). The fourth-order valence-corrected chi connectivity index (χ4v) is 4.29. The van der Waals surface area contributed by atoms with E-state index in [1.165, 1.54) is 10.3 Å². The first-order chi connectivity index (χ1) is 12.7. The fraction of sp³-hybridized carbons (Fsp3) is 0.300. The summed E-state index contributed by atoms with van der Waals surface area (Å²) in [6, 6.07) is 16.3. The largest absolute Gasteiger partial charge is 0.345 e. The van der Waals surface area contributed by atoms with E-state index in [1.807, 2.05) is 35.2 Å². The summed E-state index contributed by atoms with van der Waals surface area (Å²) in [5.74, 6) is 0. The minimum atomic E-state index is 0.00801. The van der Waals surface area contributed by atoms with Gasteiger partial charge in [0.15, 0.2) is 5.13 Å². The number of carbonyl (C=O) groups is 1. The van der Waals surface area contributed by atoms with E-state index in [4.69, 9.17) is 4.98 Å². The number of aryl methyl sites for hydroxylation is 1. The lowest BCUT2D eigenvalue weighted by Crippen LogP contribution is -2.51. The van der Waals surface area contributed by atoms with Crippen molar-refractivity contribution in [1.29, 1.82) is 0 Å².